The molecule has 0 spiro atoms. The van der Waals surface area contributed by atoms with Crippen molar-refractivity contribution < 1.29 is 9.53 Å². The molecule has 1 amide bonds. The van der Waals surface area contributed by atoms with Crippen LogP contribution in [0.1, 0.15) is 48.9 Å². The second kappa shape index (κ2) is 9.44. The van der Waals surface area contributed by atoms with Crippen LogP contribution in [0.15, 0.2) is 48.5 Å². The van der Waals surface area contributed by atoms with Gasteiger partial charge in [-0.05, 0) is 68.0 Å². The Morgan fingerprint density at radius 1 is 1.18 bits per heavy atom. The van der Waals surface area contributed by atoms with Crippen molar-refractivity contribution in [3.63, 3.8) is 0 Å². The SMILES string of the molecule is C[C@H]1C[C@@H](C(=O)NC(c2ccccc2)c2ccc3c(c2)CCCO3)CCN1.Cl. The predicted molar refractivity (Wildman–Crippen MR) is 114 cm³/mol. The summed E-state index contributed by atoms with van der Waals surface area (Å²) in [4.78, 5) is 13.0. The fraction of sp³-hybridized carbons (Fsp3) is 0.435. The highest BCUT2D eigenvalue weighted by Gasteiger charge is 2.27. The lowest BCUT2D eigenvalue weighted by Gasteiger charge is -2.29. The van der Waals surface area contributed by atoms with Gasteiger partial charge in [0.25, 0.3) is 0 Å². The van der Waals surface area contributed by atoms with Gasteiger partial charge in [0.1, 0.15) is 5.75 Å². The first-order valence-electron chi connectivity index (χ1n) is 10.0. The summed E-state index contributed by atoms with van der Waals surface area (Å²) in [6, 6.07) is 16.9. The van der Waals surface area contributed by atoms with Crippen molar-refractivity contribution in [2.75, 3.05) is 13.2 Å². The number of halogens is 1. The number of benzene rings is 2. The van der Waals surface area contributed by atoms with Crippen LogP contribution in [0.25, 0.3) is 0 Å². The third kappa shape index (κ3) is 4.68. The van der Waals surface area contributed by atoms with Gasteiger partial charge >= 0.3 is 0 Å². The molecule has 150 valence electrons. The van der Waals surface area contributed by atoms with Gasteiger partial charge in [0.15, 0.2) is 0 Å². The number of nitrogens with one attached hydrogen (secondary N) is 2. The minimum absolute atomic E-state index is 0. The third-order valence-electron chi connectivity index (χ3n) is 5.68. The van der Waals surface area contributed by atoms with E-state index in [0.29, 0.717) is 6.04 Å². The van der Waals surface area contributed by atoms with E-state index in [1.165, 1.54) is 5.56 Å². The maximum absolute atomic E-state index is 13.0. The van der Waals surface area contributed by atoms with Crippen LogP contribution in [0.5, 0.6) is 5.75 Å². The molecule has 0 bridgehead atoms. The Balaban J connectivity index is 0.00000225. The summed E-state index contributed by atoms with van der Waals surface area (Å²) >= 11 is 0. The Morgan fingerprint density at radius 2 is 2.00 bits per heavy atom. The van der Waals surface area contributed by atoms with Crippen LogP contribution in [0.4, 0.5) is 0 Å². The van der Waals surface area contributed by atoms with Gasteiger partial charge in [0.2, 0.25) is 5.91 Å². The Hall–Kier alpha value is -2.04. The largest absolute Gasteiger partial charge is 0.493 e. The van der Waals surface area contributed by atoms with Crippen molar-refractivity contribution in [2.24, 2.45) is 5.92 Å². The number of piperidine rings is 1. The first kappa shape index (κ1) is 20.7. The van der Waals surface area contributed by atoms with Gasteiger partial charge in [-0.3, -0.25) is 4.79 Å². The summed E-state index contributed by atoms with van der Waals surface area (Å²) in [6.07, 6.45) is 3.87. The minimum atomic E-state index is -0.129. The average molecular weight is 401 g/mol. The number of carbonyl (C=O) groups is 1. The van der Waals surface area contributed by atoms with Crippen LogP contribution in [-0.2, 0) is 11.2 Å². The van der Waals surface area contributed by atoms with E-state index >= 15 is 0 Å². The van der Waals surface area contributed by atoms with E-state index in [2.05, 4.69) is 47.9 Å². The van der Waals surface area contributed by atoms with Crippen LogP contribution in [0.2, 0.25) is 0 Å². The molecule has 5 heteroatoms. The maximum atomic E-state index is 13.0. The molecular weight excluding hydrogens is 372 g/mol. The molecule has 1 saturated heterocycles. The second-order valence-corrected chi connectivity index (χ2v) is 7.75. The van der Waals surface area contributed by atoms with E-state index in [-0.39, 0.29) is 30.3 Å². The molecular formula is C23H29ClN2O2. The molecule has 2 N–H and O–H groups in total. The van der Waals surface area contributed by atoms with Crippen molar-refractivity contribution in [3.05, 3.63) is 65.2 Å². The lowest BCUT2D eigenvalue weighted by Crippen LogP contribution is -2.43. The maximum Gasteiger partial charge on any atom is 0.223 e. The van der Waals surface area contributed by atoms with Crippen LogP contribution in [0, 0.1) is 5.92 Å². The van der Waals surface area contributed by atoms with Crippen LogP contribution >= 0.6 is 12.4 Å². The van der Waals surface area contributed by atoms with E-state index < -0.39 is 0 Å². The third-order valence-corrected chi connectivity index (χ3v) is 5.68. The Labute approximate surface area is 173 Å². The second-order valence-electron chi connectivity index (χ2n) is 7.75. The van der Waals surface area contributed by atoms with E-state index in [9.17, 15) is 4.79 Å². The molecule has 0 aromatic heterocycles. The lowest BCUT2D eigenvalue weighted by molar-refractivity contribution is -0.126. The number of hydrogen-bond acceptors (Lipinski definition) is 3. The number of aryl methyl sites for hydroxylation is 1. The van der Waals surface area contributed by atoms with Gasteiger partial charge < -0.3 is 15.4 Å². The molecule has 0 radical (unpaired) electrons. The normalized spacial score (nSPS) is 22.2. The molecule has 2 aliphatic rings. The van der Waals surface area contributed by atoms with E-state index in [0.717, 1.165) is 55.7 Å². The van der Waals surface area contributed by atoms with Gasteiger partial charge in [-0.2, -0.15) is 0 Å². The van der Waals surface area contributed by atoms with E-state index in [4.69, 9.17) is 4.74 Å². The molecule has 2 heterocycles. The molecule has 1 unspecified atom stereocenters. The number of carbonyl (C=O) groups excluding carboxylic acids is 1. The van der Waals surface area contributed by atoms with Gasteiger partial charge in [-0.25, -0.2) is 0 Å². The summed E-state index contributed by atoms with van der Waals surface area (Å²) in [7, 11) is 0. The molecule has 1 fully saturated rings. The Bertz CT molecular complexity index is 796. The quantitative estimate of drug-likeness (QED) is 0.814. The zero-order valence-corrected chi connectivity index (χ0v) is 17.1. The summed E-state index contributed by atoms with van der Waals surface area (Å²) in [5.41, 5.74) is 3.48. The number of amides is 1. The fourth-order valence-corrected chi connectivity index (χ4v) is 4.19. The van der Waals surface area contributed by atoms with Crippen molar-refractivity contribution in [1.82, 2.24) is 10.6 Å². The number of rotatable bonds is 4. The van der Waals surface area contributed by atoms with Crippen molar-refractivity contribution >= 4 is 18.3 Å². The highest BCUT2D eigenvalue weighted by atomic mass is 35.5. The zero-order valence-electron chi connectivity index (χ0n) is 16.3. The standard InChI is InChI=1S/C23H28N2O2.ClH/c1-16-14-20(11-12-24-16)23(26)25-22(17-6-3-2-4-7-17)19-9-10-21-18(15-19)8-5-13-27-21;/h2-4,6-7,9-10,15-16,20,22,24H,5,8,11-14H2,1H3,(H,25,26);1H/t16-,20-,22?;/m0./s1. The van der Waals surface area contributed by atoms with Crippen molar-refractivity contribution in [2.45, 2.75) is 44.7 Å². The Kier molecular flexibility index (Phi) is 6.97. The molecule has 2 aliphatic heterocycles. The number of ether oxygens (including phenoxy) is 1. The first-order valence-corrected chi connectivity index (χ1v) is 10.0. The van der Waals surface area contributed by atoms with E-state index in [1.807, 2.05) is 18.2 Å². The summed E-state index contributed by atoms with van der Waals surface area (Å²) in [5.74, 6) is 1.22. The average Bonchev–Trinajstić information content (AvgIpc) is 2.72. The fourth-order valence-electron chi connectivity index (χ4n) is 4.19. The topological polar surface area (TPSA) is 50.4 Å². The van der Waals surface area contributed by atoms with Crippen LogP contribution in [0.3, 0.4) is 0 Å². The van der Waals surface area contributed by atoms with Gasteiger partial charge in [-0.15, -0.1) is 12.4 Å². The molecule has 0 saturated carbocycles. The number of fused-ring (bicyclic) bond motifs is 1. The highest BCUT2D eigenvalue weighted by Crippen LogP contribution is 2.31. The molecule has 4 nitrogen and oxygen atoms in total. The zero-order chi connectivity index (χ0) is 18.6. The van der Waals surface area contributed by atoms with E-state index in [1.54, 1.807) is 0 Å². The summed E-state index contributed by atoms with van der Waals surface area (Å²) in [6.45, 7) is 3.85. The first-order chi connectivity index (χ1) is 13.2. The molecule has 28 heavy (non-hydrogen) atoms. The lowest BCUT2D eigenvalue weighted by atomic mass is 9.90. The van der Waals surface area contributed by atoms with Crippen molar-refractivity contribution in [3.8, 4) is 5.75 Å². The predicted octanol–water partition coefficient (Wildman–Crippen LogP) is 4.03. The molecule has 2 aromatic carbocycles. The molecule has 2 aromatic rings. The van der Waals surface area contributed by atoms with Crippen molar-refractivity contribution in [1.29, 1.82) is 0 Å². The molecule has 0 aliphatic carbocycles. The van der Waals surface area contributed by atoms with Gasteiger partial charge in [0.05, 0.1) is 12.6 Å². The summed E-state index contributed by atoms with van der Waals surface area (Å²) in [5, 5.41) is 6.76. The van der Waals surface area contributed by atoms with Crippen LogP contribution in [-0.4, -0.2) is 25.1 Å². The Morgan fingerprint density at radius 3 is 2.79 bits per heavy atom. The summed E-state index contributed by atoms with van der Waals surface area (Å²) < 4.78 is 5.76. The monoisotopic (exact) mass is 400 g/mol. The smallest absolute Gasteiger partial charge is 0.223 e. The number of hydrogen-bond donors (Lipinski definition) is 2. The minimum Gasteiger partial charge on any atom is -0.493 e. The highest BCUT2D eigenvalue weighted by molar-refractivity contribution is 5.85. The van der Waals surface area contributed by atoms with Gasteiger partial charge in [-0.1, -0.05) is 36.4 Å². The van der Waals surface area contributed by atoms with Crippen LogP contribution < -0.4 is 15.4 Å². The molecule has 4 rings (SSSR count). The van der Waals surface area contributed by atoms with Gasteiger partial charge in [0, 0.05) is 12.0 Å². The molecule has 3 atom stereocenters.